The lowest BCUT2D eigenvalue weighted by molar-refractivity contribution is -0.122. The first-order valence-corrected chi connectivity index (χ1v) is 6.34. The van der Waals surface area contributed by atoms with Crippen molar-refractivity contribution in [1.29, 1.82) is 0 Å². The number of β-amino-alcohol motifs (C(OH)–C–C–N with tert-alkyl or cyclic N) is 1. The van der Waals surface area contributed by atoms with Gasteiger partial charge in [-0.2, -0.15) is 0 Å². The van der Waals surface area contributed by atoms with Crippen LogP contribution in [0.4, 0.5) is 0 Å². The fourth-order valence-electron chi connectivity index (χ4n) is 2.08. The second kappa shape index (κ2) is 6.47. The molecule has 0 radical (unpaired) electrons. The minimum Gasteiger partial charge on any atom is -0.390 e. The normalized spacial score (nSPS) is 23.6. The summed E-state index contributed by atoms with van der Waals surface area (Å²) < 4.78 is 0. The van der Waals surface area contributed by atoms with Crippen LogP contribution in [0.15, 0.2) is 24.4 Å². The molecule has 0 aliphatic carbocycles. The zero-order valence-corrected chi connectivity index (χ0v) is 10.3. The number of nitrogens with zero attached hydrogens (tertiary/aromatic N) is 1. The molecule has 5 heteroatoms. The lowest BCUT2D eigenvalue weighted by Crippen LogP contribution is -2.52. The molecule has 0 spiro atoms. The van der Waals surface area contributed by atoms with Crippen LogP contribution in [0, 0.1) is 0 Å². The van der Waals surface area contributed by atoms with Gasteiger partial charge < -0.3 is 15.7 Å². The van der Waals surface area contributed by atoms with E-state index in [2.05, 4.69) is 15.6 Å². The average Bonchev–Trinajstić information content (AvgIpc) is 2.40. The van der Waals surface area contributed by atoms with Crippen molar-refractivity contribution >= 4 is 5.91 Å². The van der Waals surface area contributed by atoms with E-state index in [1.807, 2.05) is 18.2 Å². The Morgan fingerprint density at radius 3 is 3.17 bits per heavy atom. The Morgan fingerprint density at radius 1 is 1.56 bits per heavy atom. The Hall–Kier alpha value is -1.46. The Kier molecular flexibility index (Phi) is 4.66. The van der Waals surface area contributed by atoms with Gasteiger partial charge in [-0.05, 0) is 31.5 Å². The summed E-state index contributed by atoms with van der Waals surface area (Å²) in [6.07, 6.45) is 3.05. The molecule has 98 valence electrons. The van der Waals surface area contributed by atoms with Gasteiger partial charge in [-0.15, -0.1) is 0 Å². The molecule has 2 heterocycles. The highest BCUT2D eigenvalue weighted by Gasteiger charge is 2.23. The highest BCUT2D eigenvalue weighted by Crippen LogP contribution is 2.05. The smallest absolute Gasteiger partial charge is 0.220 e. The number of hydrogen-bond acceptors (Lipinski definition) is 4. The molecule has 0 saturated carbocycles. The topological polar surface area (TPSA) is 74.2 Å². The van der Waals surface area contributed by atoms with Crippen LogP contribution in [0.1, 0.15) is 18.5 Å². The van der Waals surface area contributed by atoms with Gasteiger partial charge in [0.05, 0.1) is 12.1 Å². The molecular weight excluding hydrogens is 230 g/mol. The number of hydrogen-bond donors (Lipinski definition) is 3. The van der Waals surface area contributed by atoms with Gasteiger partial charge in [-0.25, -0.2) is 0 Å². The van der Waals surface area contributed by atoms with E-state index in [9.17, 15) is 9.90 Å². The van der Waals surface area contributed by atoms with E-state index in [1.165, 1.54) is 0 Å². The summed E-state index contributed by atoms with van der Waals surface area (Å²) in [6.45, 7) is 1.38. The van der Waals surface area contributed by atoms with E-state index >= 15 is 0 Å². The summed E-state index contributed by atoms with van der Waals surface area (Å²) in [5, 5.41) is 15.7. The second-order valence-electron chi connectivity index (χ2n) is 4.56. The summed E-state index contributed by atoms with van der Waals surface area (Å²) >= 11 is 0. The van der Waals surface area contributed by atoms with Gasteiger partial charge in [-0.1, -0.05) is 6.07 Å². The van der Waals surface area contributed by atoms with Gasteiger partial charge in [-0.3, -0.25) is 9.78 Å². The first kappa shape index (κ1) is 13.0. The van der Waals surface area contributed by atoms with Gasteiger partial charge in [0, 0.05) is 24.9 Å². The maximum Gasteiger partial charge on any atom is 0.220 e. The molecule has 0 aromatic carbocycles. The van der Waals surface area contributed by atoms with E-state index in [0.29, 0.717) is 19.4 Å². The maximum absolute atomic E-state index is 11.8. The fraction of sp³-hybridized carbons (Fsp3) is 0.538. The van der Waals surface area contributed by atoms with Gasteiger partial charge in [0.25, 0.3) is 0 Å². The van der Waals surface area contributed by atoms with Crippen LogP contribution >= 0.6 is 0 Å². The molecule has 1 fully saturated rings. The largest absolute Gasteiger partial charge is 0.390 e. The first-order chi connectivity index (χ1) is 8.75. The molecule has 1 aromatic heterocycles. The monoisotopic (exact) mass is 249 g/mol. The second-order valence-corrected chi connectivity index (χ2v) is 4.56. The number of carbonyl (C=O) groups excluding carboxylic acids is 1. The quantitative estimate of drug-likeness (QED) is 0.694. The molecule has 2 atom stereocenters. The van der Waals surface area contributed by atoms with E-state index in [4.69, 9.17) is 0 Å². The Morgan fingerprint density at radius 2 is 2.44 bits per heavy atom. The Labute approximate surface area is 107 Å². The lowest BCUT2D eigenvalue weighted by Gasteiger charge is -2.29. The zero-order valence-electron chi connectivity index (χ0n) is 10.3. The van der Waals surface area contributed by atoms with Crippen LogP contribution in [-0.2, 0) is 11.2 Å². The number of carbonyl (C=O) groups is 1. The number of amides is 1. The molecule has 0 bridgehead atoms. The lowest BCUT2D eigenvalue weighted by atomic mass is 10.0. The molecular formula is C13H19N3O2. The molecule has 1 aliphatic rings. The number of pyridine rings is 1. The predicted molar refractivity (Wildman–Crippen MR) is 68.0 cm³/mol. The van der Waals surface area contributed by atoms with Crippen LogP contribution in [0.2, 0.25) is 0 Å². The number of piperidine rings is 1. The van der Waals surface area contributed by atoms with Crippen molar-refractivity contribution in [2.24, 2.45) is 0 Å². The number of aromatic nitrogens is 1. The van der Waals surface area contributed by atoms with Gasteiger partial charge >= 0.3 is 0 Å². The molecule has 1 aromatic rings. The van der Waals surface area contributed by atoms with Crippen LogP contribution in [0.25, 0.3) is 0 Å². The Bertz CT molecular complexity index is 383. The van der Waals surface area contributed by atoms with E-state index < -0.39 is 6.10 Å². The van der Waals surface area contributed by atoms with Crippen molar-refractivity contribution in [2.75, 3.05) is 13.1 Å². The molecule has 2 unspecified atom stereocenters. The molecule has 1 aliphatic heterocycles. The predicted octanol–water partition coefficient (Wildman–Crippen LogP) is -0.147. The number of aliphatic hydroxyl groups is 1. The summed E-state index contributed by atoms with van der Waals surface area (Å²) in [5.74, 6) is -0.0217. The third-order valence-electron chi connectivity index (χ3n) is 3.13. The van der Waals surface area contributed by atoms with Gasteiger partial charge in [0.15, 0.2) is 0 Å². The van der Waals surface area contributed by atoms with E-state index in [-0.39, 0.29) is 11.9 Å². The summed E-state index contributed by atoms with van der Waals surface area (Å²) in [7, 11) is 0. The zero-order chi connectivity index (χ0) is 12.8. The summed E-state index contributed by atoms with van der Waals surface area (Å²) in [6, 6.07) is 5.56. The molecule has 2 rings (SSSR count). The van der Waals surface area contributed by atoms with Gasteiger partial charge in [0.1, 0.15) is 0 Å². The standard InChI is InChI=1S/C13H19N3O2/c17-12-9-14-8-6-11(12)16-13(18)5-4-10-3-1-2-7-15-10/h1-3,7,11-12,14,17H,4-6,8-9H2,(H,16,18). The number of aliphatic hydroxyl groups excluding tert-OH is 1. The molecule has 3 N–H and O–H groups in total. The van der Waals surface area contributed by atoms with Crippen LogP contribution in [-0.4, -0.2) is 41.2 Å². The van der Waals surface area contributed by atoms with Crippen LogP contribution < -0.4 is 10.6 Å². The fourth-order valence-corrected chi connectivity index (χ4v) is 2.08. The minimum atomic E-state index is -0.488. The van der Waals surface area contributed by atoms with Gasteiger partial charge in [0.2, 0.25) is 5.91 Å². The summed E-state index contributed by atoms with van der Waals surface area (Å²) in [4.78, 5) is 15.9. The van der Waals surface area contributed by atoms with Crippen molar-refractivity contribution in [3.8, 4) is 0 Å². The highest BCUT2D eigenvalue weighted by atomic mass is 16.3. The molecule has 1 saturated heterocycles. The summed E-state index contributed by atoms with van der Waals surface area (Å²) in [5.41, 5.74) is 0.915. The molecule has 1 amide bonds. The average molecular weight is 249 g/mol. The third-order valence-corrected chi connectivity index (χ3v) is 3.13. The van der Waals surface area contributed by atoms with Crippen molar-refractivity contribution in [3.63, 3.8) is 0 Å². The van der Waals surface area contributed by atoms with Crippen molar-refractivity contribution in [3.05, 3.63) is 30.1 Å². The molecule has 5 nitrogen and oxygen atoms in total. The number of nitrogens with one attached hydrogen (secondary N) is 2. The van der Waals surface area contributed by atoms with Crippen molar-refractivity contribution < 1.29 is 9.90 Å². The van der Waals surface area contributed by atoms with E-state index in [1.54, 1.807) is 6.20 Å². The van der Waals surface area contributed by atoms with E-state index in [0.717, 1.165) is 18.7 Å². The van der Waals surface area contributed by atoms with Crippen LogP contribution in [0.3, 0.4) is 0 Å². The Balaban J connectivity index is 1.75. The van der Waals surface area contributed by atoms with Crippen molar-refractivity contribution in [2.45, 2.75) is 31.4 Å². The number of aryl methyl sites for hydroxylation is 1. The SMILES string of the molecule is O=C(CCc1ccccn1)NC1CCNCC1O. The van der Waals surface area contributed by atoms with Crippen molar-refractivity contribution in [1.82, 2.24) is 15.6 Å². The first-order valence-electron chi connectivity index (χ1n) is 6.34. The highest BCUT2D eigenvalue weighted by molar-refractivity contribution is 5.76. The molecule has 18 heavy (non-hydrogen) atoms. The minimum absolute atomic E-state index is 0.0217. The third kappa shape index (κ3) is 3.78. The maximum atomic E-state index is 11.8. The number of rotatable bonds is 4. The van der Waals surface area contributed by atoms with Crippen LogP contribution in [0.5, 0.6) is 0 Å².